The van der Waals surface area contributed by atoms with Gasteiger partial charge in [0.2, 0.25) is 5.88 Å². The summed E-state index contributed by atoms with van der Waals surface area (Å²) in [5, 5.41) is 12.8. The van der Waals surface area contributed by atoms with Gasteiger partial charge in [-0.15, -0.1) is 0 Å². The van der Waals surface area contributed by atoms with E-state index in [0.29, 0.717) is 23.5 Å². The van der Waals surface area contributed by atoms with E-state index in [2.05, 4.69) is 16.4 Å². The zero-order valence-electron chi connectivity index (χ0n) is 22.6. The molecule has 0 spiro atoms. The number of ether oxygens (including phenoxy) is 2. The van der Waals surface area contributed by atoms with Crippen LogP contribution >= 0.6 is 0 Å². The van der Waals surface area contributed by atoms with E-state index in [-0.39, 0.29) is 42.9 Å². The summed E-state index contributed by atoms with van der Waals surface area (Å²) in [6.45, 7) is 4.31. The lowest BCUT2D eigenvalue weighted by atomic mass is 9.93. The van der Waals surface area contributed by atoms with E-state index in [1.54, 1.807) is 42.3 Å². The monoisotopic (exact) mass is 522 g/mol. The molecule has 1 aromatic heterocycles. The minimum absolute atomic E-state index is 0.129. The molecule has 0 radical (unpaired) electrons. The highest BCUT2D eigenvalue weighted by atomic mass is 16.5. The number of carbonyl (C=O) groups excluding carboxylic acids is 2. The number of amides is 3. The summed E-state index contributed by atoms with van der Waals surface area (Å²) in [7, 11) is 3.28. The topological polar surface area (TPSA) is 104 Å². The van der Waals surface area contributed by atoms with Crippen LogP contribution in [-0.4, -0.2) is 77.8 Å². The van der Waals surface area contributed by atoms with Gasteiger partial charge in [-0.1, -0.05) is 19.1 Å². The summed E-state index contributed by atoms with van der Waals surface area (Å²) in [6.07, 6.45) is 7.83. The number of aromatic nitrogens is 1. The minimum atomic E-state index is -0.427. The number of rotatable bonds is 7. The maximum Gasteiger partial charge on any atom is 0.321 e. The SMILES string of the molecule is COc1cccc(NC(=O)N(C)C[C@H]2Oc3ncc(C4=CCCCC4)cc3C(=O)N([C@H](C)CO)C[C@@H]2C)c1. The largest absolute Gasteiger partial charge is 0.497 e. The molecule has 3 amide bonds. The van der Waals surface area contributed by atoms with Crippen molar-refractivity contribution in [1.29, 1.82) is 0 Å². The van der Waals surface area contributed by atoms with Crippen LogP contribution in [0.1, 0.15) is 55.5 Å². The summed E-state index contributed by atoms with van der Waals surface area (Å²) < 4.78 is 11.6. The van der Waals surface area contributed by atoms with Crippen molar-refractivity contribution >= 4 is 23.2 Å². The lowest BCUT2D eigenvalue weighted by Crippen LogP contribution is -2.50. The number of carbonyl (C=O) groups is 2. The number of pyridine rings is 1. The Morgan fingerprint density at radius 1 is 1.34 bits per heavy atom. The Kier molecular flexibility index (Phi) is 8.89. The van der Waals surface area contributed by atoms with Crippen molar-refractivity contribution < 1.29 is 24.2 Å². The molecule has 2 aromatic rings. The van der Waals surface area contributed by atoms with Gasteiger partial charge in [-0.2, -0.15) is 0 Å². The molecule has 9 heteroatoms. The number of allylic oxidation sites excluding steroid dienone is 2. The molecule has 1 aliphatic heterocycles. The van der Waals surface area contributed by atoms with Crippen LogP contribution in [0.25, 0.3) is 5.57 Å². The van der Waals surface area contributed by atoms with Crippen molar-refractivity contribution in [2.24, 2.45) is 5.92 Å². The number of fused-ring (bicyclic) bond motifs is 1. The summed E-state index contributed by atoms with van der Waals surface area (Å²) in [5.74, 6) is 0.567. The van der Waals surface area contributed by atoms with Crippen molar-refractivity contribution in [2.75, 3.05) is 39.2 Å². The molecular formula is C29H38N4O5. The number of benzene rings is 1. The fourth-order valence-electron chi connectivity index (χ4n) is 4.87. The van der Waals surface area contributed by atoms with Crippen LogP contribution < -0.4 is 14.8 Å². The summed E-state index contributed by atoms with van der Waals surface area (Å²) in [6, 6.07) is 8.37. The Morgan fingerprint density at radius 3 is 2.87 bits per heavy atom. The fraction of sp³-hybridized carbons (Fsp3) is 0.483. The Balaban J connectivity index is 1.59. The van der Waals surface area contributed by atoms with E-state index < -0.39 is 6.10 Å². The molecule has 1 aromatic carbocycles. The minimum Gasteiger partial charge on any atom is -0.497 e. The molecule has 9 nitrogen and oxygen atoms in total. The average Bonchev–Trinajstić information content (AvgIpc) is 2.94. The first kappa shape index (κ1) is 27.4. The van der Waals surface area contributed by atoms with Crippen LogP contribution in [0, 0.1) is 5.92 Å². The van der Waals surface area contributed by atoms with E-state index in [9.17, 15) is 14.7 Å². The van der Waals surface area contributed by atoms with Gasteiger partial charge in [0, 0.05) is 37.5 Å². The molecule has 0 fully saturated rings. The van der Waals surface area contributed by atoms with Crippen molar-refractivity contribution in [2.45, 2.75) is 51.7 Å². The maximum absolute atomic E-state index is 13.7. The molecule has 204 valence electrons. The highest BCUT2D eigenvalue weighted by Crippen LogP contribution is 2.32. The second-order valence-corrected chi connectivity index (χ2v) is 10.2. The number of methoxy groups -OCH3 is 1. The summed E-state index contributed by atoms with van der Waals surface area (Å²) >= 11 is 0. The van der Waals surface area contributed by atoms with E-state index in [1.165, 1.54) is 12.0 Å². The predicted octanol–water partition coefficient (Wildman–Crippen LogP) is 4.43. The van der Waals surface area contributed by atoms with Gasteiger partial charge in [-0.3, -0.25) is 4.79 Å². The van der Waals surface area contributed by atoms with E-state index in [0.717, 1.165) is 24.8 Å². The molecule has 0 bridgehead atoms. The number of likely N-dealkylation sites (N-methyl/N-ethyl adjacent to an activating group) is 1. The number of nitrogens with one attached hydrogen (secondary N) is 1. The second kappa shape index (κ2) is 12.3. The Morgan fingerprint density at radius 2 is 2.16 bits per heavy atom. The highest BCUT2D eigenvalue weighted by molar-refractivity contribution is 5.97. The van der Waals surface area contributed by atoms with Gasteiger partial charge >= 0.3 is 6.03 Å². The lowest BCUT2D eigenvalue weighted by molar-refractivity contribution is 0.0356. The van der Waals surface area contributed by atoms with Gasteiger partial charge in [-0.05, 0) is 61.9 Å². The number of urea groups is 1. The van der Waals surface area contributed by atoms with Crippen molar-refractivity contribution in [3.05, 3.63) is 53.7 Å². The van der Waals surface area contributed by atoms with Crippen molar-refractivity contribution in [1.82, 2.24) is 14.8 Å². The van der Waals surface area contributed by atoms with Crippen LogP contribution in [0.4, 0.5) is 10.5 Å². The van der Waals surface area contributed by atoms with Crippen molar-refractivity contribution in [3.63, 3.8) is 0 Å². The van der Waals surface area contributed by atoms with E-state index >= 15 is 0 Å². The highest BCUT2D eigenvalue weighted by Gasteiger charge is 2.35. The average molecular weight is 523 g/mol. The number of hydrogen-bond donors (Lipinski definition) is 2. The zero-order valence-corrected chi connectivity index (χ0v) is 22.6. The number of aliphatic hydroxyl groups excluding tert-OH is 1. The maximum atomic E-state index is 13.7. The standard InChI is InChI=1S/C29H38N4O5/c1-19-16-33(20(2)18-34)28(35)25-13-22(21-9-6-5-7-10-21)15-30-27(25)38-26(19)17-32(3)29(36)31-23-11-8-12-24(14-23)37-4/h8-9,11-15,19-20,26,34H,5-7,10,16-18H2,1-4H3,(H,31,36)/t19-,20+,26+/m0/s1. The Labute approximate surface area is 224 Å². The number of anilines is 1. The van der Waals surface area contributed by atoms with Crippen LogP contribution in [0.5, 0.6) is 11.6 Å². The van der Waals surface area contributed by atoms with Gasteiger partial charge < -0.3 is 29.7 Å². The summed E-state index contributed by atoms with van der Waals surface area (Å²) in [4.78, 5) is 34.5. The van der Waals surface area contributed by atoms with Crippen LogP contribution in [0.2, 0.25) is 0 Å². The molecule has 4 rings (SSSR count). The first-order valence-electron chi connectivity index (χ1n) is 13.2. The second-order valence-electron chi connectivity index (χ2n) is 10.2. The van der Waals surface area contributed by atoms with Gasteiger partial charge in [0.05, 0.1) is 26.3 Å². The van der Waals surface area contributed by atoms with Gasteiger partial charge in [0.15, 0.2) is 0 Å². The third-order valence-electron chi connectivity index (χ3n) is 7.30. The molecule has 2 heterocycles. The molecule has 2 aliphatic rings. The zero-order chi connectivity index (χ0) is 27.2. The number of aliphatic hydroxyl groups is 1. The predicted molar refractivity (Wildman–Crippen MR) is 146 cm³/mol. The Hall–Kier alpha value is -3.59. The van der Waals surface area contributed by atoms with Crippen molar-refractivity contribution in [3.8, 4) is 11.6 Å². The molecule has 38 heavy (non-hydrogen) atoms. The summed E-state index contributed by atoms with van der Waals surface area (Å²) in [5.41, 5.74) is 3.13. The molecule has 3 atom stereocenters. The smallest absolute Gasteiger partial charge is 0.321 e. The Bertz CT molecular complexity index is 1180. The van der Waals surface area contributed by atoms with Gasteiger partial charge in [0.25, 0.3) is 5.91 Å². The van der Waals surface area contributed by atoms with Crippen LogP contribution in [-0.2, 0) is 0 Å². The molecule has 0 saturated heterocycles. The first-order valence-corrected chi connectivity index (χ1v) is 13.2. The lowest BCUT2D eigenvalue weighted by Gasteiger charge is -2.37. The van der Waals surface area contributed by atoms with Gasteiger partial charge in [0.1, 0.15) is 17.4 Å². The fourth-order valence-corrected chi connectivity index (χ4v) is 4.87. The number of hydrogen-bond acceptors (Lipinski definition) is 6. The number of nitrogens with zero attached hydrogens (tertiary/aromatic N) is 3. The van der Waals surface area contributed by atoms with Crippen LogP contribution in [0.3, 0.4) is 0 Å². The molecular weight excluding hydrogens is 484 g/mol. The van der Waals surface area contributed by atoms with Crippen LogP contribution in [0.15, 0.2) is 42.6 Å². The molecule has 1 aliphatic carbocycles. The van der Waals surface area contributed by atoms with E-state index in [1.807, 2.05) is 32.0 Å². The van der Waals surface area contributed by atoms with Gasteiger partial charge in [-0.25, -0.2) is 9.78 Å². The molecule has 0 saturated carbocycles. The normalized spacial score (nSPS) is 20.3. The van der Waals surface area contributed by atoms with E-state index in [4.69, 9.17) is 9.47 Å². The third-order valence-corrected chi connectivity index (χ3v) is 7.30. The quantitative estimate of drug-likeness (QED) is 0.558. The molecule has 0 unspecified atom stereocenters. The third kappa shape index (κ3) is 6.27. The first-order chi connectivity index (χ1) is 18.3. The molecule has 2 N–H and O–H groups in total.